The summed E-state index contributed by atoms with van der Waals surface area (Å²) >= 11 is 0. The number of carboxylic acids is 1. The van der Waals surface area contributed by atoms with E-state index < -0.39 is 17.5 Å². The van der Waals surface area contributed by atoms with E-state index in [4.69, 9.17) is 10.2 Å². The molecule has 0 heterocycles. The number of carboxylic acid groups (broad SMARTS) is 1. The maximum absolute atomic E-state index is 13.4. The molecule has 0 atom stereocenters. The molecule has 17 heavy (non-hydrogen) atoms. The number of aromatic hydroxyl groups is 1. The number of halogens is 1. The second-order valence-corrected chi connectivity index (χ2v) is 3.10. The first-order valence-corrected chi connectivity index (χ1v) is 4.25. The van der Waals surface area contributed by atoms with Crippen molar-refractivity contribution < 1.29 is 54.4 Å². The summed E-state index contributed by atoms with van der Waals surface area (Å²) in [6.07, 6.45) is 0. The van der Waals surface area contributed by atoms with Gasteiger partial charge in [-0.1, -0.05) is 12.1 Å². The number of phenolic OH excluding ortho intramolecular Hbond substituents is 1. The van der Waals surface area contributed by atoms with E-state index in [1.54, 1.807) is 0 Å². The summed E-state index contributed by atoms with van der Waals surface area (Å²) in [5.41, 5.74) is 0.0198. The van der Waals surface area contributed by atoms with Gasteiger partial charge in [0.05, 0.1) is 5.56 Å². The Bertz CT molecular complexity index is 556. The molecule has 0 fully saturated rings. The molecule has 0 aliphatic carbocycles. The van der Waals surface area contributed by atoms with Gasteiger partial charge in [0.1, 0.15) is 0 Å². The Balaban J connectivity index is 0.00000128. The van der Waals surface area contributed by atoms with Crippen molar-refractivity contribution in [3.8, 4) is 5.75 Å². The molecule has 2 aromatic carbocycles. The van der Waals surface area contributed by atoms with Gasteiger partial charge in [0.15, 0.2) is 11.6 Å². The number of hydrogen-bond donors (Lipinski definition) is 2. The van der Waals surface area contributed by atoms with Crippen molar-refractivity contribution in [3.63, 3.8) is 0 Å². The first-order chi connectivity index (χ1) is 7.11. The molecule has 4 nitrogen and oxygen atoms in total. The molecule has 0 unspecified atom stereocenters. The molecule has 0 bridgehead atoms. The zero-order valence-electron chi connectivity index (χ0n) is 9.01. The van der Waals surface area contributed by atoms with Gasteiger partial charge < -0.3 is 15.7 Å². The molecule has 0 aromatic heterocycles. The number of aromatic carboxylic acids is 1. The molecular weight excluding hydrogens is 238 g/mol. The van der Waals surface area contributed by atoms with E-state index in [1.807, 2.05) is 0 Å². The molecule has 84 valence electrons. The third-order valence-corrected chi connectivity index (χ3v) is 2.21. The molecule has 3 N–H and O–H groups in total. The van der Waals surface area contributed by atoms with Gasteiger partial charge in [0.25, 0.3) is 0 Å². The molecule has 0 radical (unpaired) electrons. The van der Waals surface area contributed by atoms with Crippen LogP contribution in [0.3, 0.4) is 0 Å². The minimum atomic E-state index is -1.12. The average molecular weight is 246 g/mol. The van der Waals surface area contributed by atoms with Crippen molar-refractivity contribution in [2.24, 2.45) is 0 Å². The SMILES string of the molecule is O=C(O)c1cccc2c(F)c(O)ccc12.[Na+].[OH-]. The van der Waals surface area contributed by atoms with E-state index in [1.165, 1.54) is 24.3 Å². The third kappa shape index (κ3) is 2.76. The smallest absolute Gasteiger partial charge is 0.870 e. The summed E-state index contributed by atoms with van der Waals surface area (Å²) < 4.78 is 13.4. The number of rotatable bonds is 1. The van der Waals surface area contributed by atoms with Gasteiger partial charge >= 0.3 is 35.5 Å². The van der Waals surface area contributed by atoms with Gasteiger partial charge in [-0.2, -0.15) is 0 Å². The second kappa shape index (κ2) is 5.97. The first-order valence-electron chi connectivity index (χ1n) is 4.25. The Hall–Kier alpha value is -1.14. The van der Waals surface area contributed by atoms with Gasteiger partial charge in [-0.15, -0.1) is 0 Å². The van der Waals surface area contributed by atoms with Crippen LogP contribution in [0.25, 0.3) is 10.8 Å². The zero-order chi connectivity index (χ0) is 11.0. The summed E-state index contributed by atoms with van der Waals surface area (Å²) in [5.74, 6) is -2.40. The first kappa shape index (κ1) is 15.9. The van der Waals surface area contributed by atoms with Crippen LogP contribution in [0.1, 0.15) is 10.4 Å². The summed E-state index contributed by atoms with van der Waals surface area (Å²) in [6.45, 7) is 0. The number of benzene rings is 2. The Kier molecular flexibility index (Phi) is 5.57. The van der Waals surface area contributed by atoms with Gasteiger partial charge in [-0.3, -0.25) is 0 Å². The maximum atomic E-state index is 13.4. The largest absolute Gasteiger partial charge is 1.00 e. The Morgan fingerprint density at radius 1 is 1.12 bits per heavy atom. The van der Waals surface area contributed by atoms with Gasteiger partial charge in [-0.25, -0.2) is 9.18 Å². The second-order valence-electron chi connectivity index (χ2n) is 3.10. The van der Waals surface area contributed by atoms with E-state index in [-0.39, 0.29) is 51.4 Å². The summed E-state index contributed by atoms with van der Waals surface area (Å²) in [4.78, 5) is 10.8. The topological polar surface area (TPSA) is 87.5 Å². The normalized spacial score (nSPS) is 9.24. The predicted molar refractivity (Wildman–Crippen MR) is 54.5 cm³/mol. The van der Waals surface area contributed by atoms with Crippen LogP contribution in [0.15, 0.2) is 30.3 Å². The molecule has 0 saturated heterocycles. The third-order valence-electron chi connectivity index (χ3n) is 2.21. The predicted octanol–water partition coefficient (Wildman–Crippen LogP) is -0.790. The Morgan fingerprint density at radius 2 is 1.76 bits per heavy atom. The quantitative estimate of drug-likeness (QED) is 0.645. The monoisotopic (exact) mass is 246 g/mol. The number of carbonyl (C=O) groups is 1. The van der Waals surface area contributed by atoms with Crippen LogP contribution in [0, 0.1) is 5.82 Å². The molecule has 2 aromatic rings. The molecule has 0 aliphatic rings. The van der Waals surface area contributed by atoms with Crippen molar-refractivity contribution in [1.82, 2.24) is 0 Å². The minimum absolute atomic E-state index is 0. The van der Waals surface area contributed by atoms with Crippen molar-refractivity contribution in [3.05, 3.63) is 41.7 Å². The fourth-order valence-corrected chi connectivity index (χ4v) is 1.50. The minimum Gasteiger partial charge on any atom is -0.870 e. The van der Waals surface area contributed by atoms with Crippen LogP contribution in [0.5, 0.6) is 5.75 Å². The Morgan fingerprint density at radius 3 is 2.35 bits per heavy atom. The number of hydrogen-bond acceptors (Lipinski definition) is 3. The molecule has 2 rings (SSSR count). The van der Waals surface area contributed by atoms with E-state index in [0.717, 1.165) is 6.07 Å². The standard InChI is InChI=1S/C11H7FO3.Na.H2O/c12-10-7-2-1-3-8(11(14)15)6(7)4-5-9(10)13;;/h1-5,13H,(H,14,15);;1H2/q;+1;/p-1. The zero-order valence-corrected chi connectivity index (χ0v) is 11.0. The van der Waals surface area contributed by atoms with Crippen molar-refractivity contribution in [2.75, 3.05) is 0 Å². The van der Waals surface area contributed by atoms with E-state index >= 15 is 0 Å². The van der Waals surface area contributed by atoms with Gasteiger partial charge in [-0.05, 0) is 23.6 Å². The van der Waals surface area contributed by atoms with Gasteiger partial charge in [0.2, 0.25) is 0 Å². The molecular formula is C11H8FNaO4. The van der Waals surface area contributed by atoms with Gasteiger partial charge in [0, 0.05) is 5.39 Å². The molecule has 0 saturated carbocycles. The summed E-state index contributed by atoms with van der Waals surface area (Å²) in [6, 6.07) is 6.79. The molecule has 0 amide bonds. The average Bonchev–Trinajstić information content (AvgIpc) is 2.23. The summed E-state index contributed by atoms with van der Waals surface area (Å²) in [7, 11) is 0. The number of fused-ring (bicyclic) bond motifs is 1. The van der Waals surface area contributed by atoms with Crippen LogP contribution in [-0.4, -0.2) is 21.7 Å². The van der Waals surface area contributed by atoms with Crippen molar-refractivity contribution >= 4 is 16.7 Å². The number of phenols is 1. The van der Waals surface area contributed by atoms with Crippen molar-refractivity contribution in [1.29, 1.82) is 0 Å². The maximum Gasteiger partial charge on any atom is 1.00 e. The summed E-state index contributed by atoms with van der Waals surface area (Å²) in [5, 5.41) is 18.4. The Labute approximate surface area is 118 Å². The fraction of sp³-hybridized carbons (Fsp3) is 0. The fourth-order valence-electron chi connectivity index (χ4n) is 1.50. The van der Waals surface area contributed by atoms with Crippen LogP contribution in [0.2, 0.25) is 0 Å². The van der Waals surface area contributed by atoms with Crippen LogP contribution in [0.4, 0.5) is 4.39 Å². The van der Waals surface area contributed by atoms with E-state index in [9.17, 15) is 9.18 Å². The molecule has 6 heteroatoms. The van der Waals surface area contributed by atoms with E-state index in [0.29, 0.717) is 0 Å². The van der Waals surface area contributed by atoms with Crippen molar-refractivity contribution in [2.45, 2.75) is 0 Å². The van der Waals surface area contributed by atoms with Crippen LogP contribution >= 0.6 is 0 Å². The molecule has 0 aliphatic heterocycles. The molecule has 0 spiro atoms. The van der Waals surface area contributed by atoms with Crippen LogP contribution in [-0.2, 0) is 0 Å². The van der Waals surface area contributed by atoms with E-state index in [2.05, 4.69) is 0 Å². The van der Waals surface area contributed by atoms with Crippen LogP contribution < -0.4 is 29.6 Å².